The van der Waals surface area contributed by atoms with Crippen LogP contribution >= 0.6 is 11.3 Å². The zero-order valence-electron chi connectivity index (χ0n) is 12.0. The van der Waals surface area contributed by atoms with Crippen LogP contribution in [0.25, 0.3) is 0 Å². The highest BCUT2D eigenvalue weighted by molar-refractivity contribution is 7.10. The molecular weight excluding hydrogens is 286 g/mol. The van der Waals surface area contributed by atoms with Crippen molar-refractivity contribution in [1.29, 1.82) is 0 Å². The van der Waals surface area contributed by atoms with Gasteiger partial charge in [0.15, 0.2) is 11.5 Å². The van der Waals surface area contributed by atoms with Gasteiger partial charge in [0.05, 0.1) is 5.92 Å². The van der Waals surface area contributed by atoms with Crippen molar-refractivity contribution in [3.8, 4) is 11.5 Å². The molecule has 2 aromatic rings. The fraction of sp³-hybridized carbons (Fsp3) is 0.312. The van der Waals surface area contributed by atoms with Crippen LogP contribution in [0.1, 0.15) is 30.2 Å². The number of nitrogens with one attached hydrogen (secondary N) is 1. The van der Waals surface area contributed by atoms with Crippen molar-refractivity contribution >= 4 is 17.2 Å². The first-order valence-corrected chi connectivity index (χ1v) is 7.70. The lowest BCUT2D eigenvalue weighted by Gasteiger charge is -2.17. The fourth-order valence-electron chi connectivity index (χ4n) is 2.14. The molecule has 21 heavy (non-hydrogen) atoms. The molecule has 0 spiro atoms. The number of benzene rings is 1. The first-order valence-electron chi connectivity index (χ1n) is 6.82. The second-order valence-electron chi connectivity index (χ2n) is 5.17. The third kappa shape index (κ3) is 3.98. The Labute approximate surface area is 128 Å². The minimum atomic E-state index is -0.166. The van der Waals surface area contributed by atoms with E-state index in [1.165, 1.54) is 12.1 Å². The van der Waals surface area contributed by atoms with Gasteiger partial charge < -0.3 is 15.5 Å². The summed E-state index contributed by atoms with van der Waals surface area (Å²) in [7, 11) is 0. The van der Waals surface area contributed by atoms with Gasteiger partial charge in [-0.15, -0.1) is 11.3 Å². The maximum Gasteiger partial charge on any atom is 0.228 e. The van der Waals surface area contributed by atoms with E-state index < -0.39 is 0 Å². The summed E-state index contributed by atoms with van der Waals surface area (Å²) in [5.74, 6) is -0.451. The van der Waals surface area contributed by atoms with E-state index >= 15 is 0 Å². The van der Waals surface area contributed by atoms with Gasteiger partial charge in [-0.25, -0.2) is 0 Å². The van der Waals surface area contributed by atoms with Gasteiger partial charge >= 0.3 is 0 Å². The minimum absolute atomic E-state index is 0.00653. The number of aromatic hydroxyl groups is 2. The van der Waals surface area contributed by atoms with Crippen LogP contribution in [-0.2, 0) is 11.2 Å². The van der Waals surface area contributed by atoms with Gasteiger partial charge in [-0.2, -0.15) is 0 Å². The average molecular weight is 305 g/mol. The topological polar surface area (TPSA) is 69.6 Å². The van der Waals surface area contributed by atoms with Crippen LogP contribution in [0.5, 0.6) is 11.5 Å². The van der Waals surface area contributed by atoms with E-state index in [1.54, 1.807) is 17.4 Å². The molecule has 1 amide bonds. The summed E-state index contributed by atoms with van der Waals surface area (Å²) in [5.41, 5.74) is 0.863. The van der Waals surface area contributed by atoms with E-state index in [-0.39, 0.29) is 29.4 Å². The highest BCUT2D eigenvalue weighted by atomic mass is 32.1. The molecule has 0 aliphatic carbocycles. The molecular formula is C16H19NO3S. The molecule has 0 radical (unpaired) electrons. The Morgan fingerprint density at radius 3 is 2.62 bits per heavy atom. The first-order chi connectivity index (χ1) is 9.97. The zero-order chi connectivity index (χ0) is 15.4. The van der Waals surface area contributed by atoms with Crippen molar-refractivity contribution in [1.82, 2.24) is 5.32 Å². The highest BCUT2D eigenvalue weighted by Gasteiger charge is 2.18. The average Bonchev–Trinajstić information content (AvgIpc) is 2.96. The Hall–Kier alpha value is -2.01. The standard InChI is InChI=1S/C16H19NO3S/c1-10(8-12-5-6-13(18)14(19)9-12)17-16(20)11(2)15-4-3-7-21-15/h3-7,9-11,18-19H,8H2,1-2H3,(H,17,20)/t10-,11-/m1/s1. The molecule has 0 fully saturated rings. The Balaban J connectivity index is 1.93. The van der Waals surface area contributed by atoms with Crippen molar-refractivity contribution in [2.45, 2.75) is 32.2 Å². The molecule has 4 nitrogen and oxygen atoms in total. The van der Waals surface area contributed by atoms with Crippen molar-refractivity contribution in [2.75, 3.05) is 0 Å². The summed E-state index contributed by atoms with van der Waals surface area (Å²) in [4.78, 5) is 13.2. The van der Waals surface area contributed by atoms with Gasteiger partial charge in [-0.1, -0.05) is 12.1 Å². The van der Waals surface area contributed by atoms with E-state index in [2.05, 4.69) is 5.32 Å². The predicted octanol–water partition coefficient (Wildman–Crippen LogP) is 3.01. The molecule has 112 valence electrons. The van der Waals surface area contributed by atoms with Crippen LogP contribution in [-0.4, -0.2) is 22.2 Å². The number of rotatable bonds is 5. The molecule has 2 rings (SSSR count). The molecule has 3 N–H and O–H groups in total. The summed E-state index contributed by atoms with van der Waals surface area (Å²) in [5, 5.41) is 23.7. The van der Waals surface area contributed by atoms with Gasteiger partial charge in [0.2, 0.25) is 5.91 Å². The Kier molecular flexibility index (Phi) is 4.85. The third-order valence-electron chi connectivity index (χ3n) is 3.33. The summed E-state index contributed by atoms with van der Waals surface area (Å²) in [6.45, 7) is 3.81. The maximum atomic E-state index is 12.2. The smallest absolute Gasteiger partial charge is 0.228 e. The number of carbonyl (C=O) groups is 1. The second kappa shape index (κ2) is 6.63. The molecule has 1 heterocycles. The van der Waals surface area contributed by atoms with Crippen LogP contribution in [0.2, 0.25) is 0 Å². The summed E-state index contributed by atoms with van der Waals surface area (Å²) in [6.07, 6.45) is 0.594. The van der Waals surface area contributed by atoms with Crippen molar-refractivity contribution < 1.29 is 15.0 Å². The van der Waals surface area contributed by atoms with Crippen molar-refractivity contribution in [2.24, 2.45) is 0 Å². The number of thiophene rings is 1. The van der Waals surface area contributed by atoms with Gasteiger partial charge in [-0.05, 0) is 49.4 Å². The highest BCUT2D eigenvalue weighted by Crippen LogP contribution is 2.25. The number of carbonyl (C=O) groups excluding carboxylic acids is 1. The number of hydrogen-bond acceptors (Lipinski definition) is 4. The molecule has 0 saturated heterocycles. The SMILES string of the molecule is C[C@H](Cc1ccc(O)c(O)c1)NC(=O)[C@H](C)c1cccs1. The fourth-order valence-corrected chi connectivity index (χ4v) is 2.92. The lowest BCUT2D eigenvalue weighted by molar-refractivity contribution is -0.122. The maximum absolute atomic E-state index is 12.2. The molecule has 0 bridgehead atoms. The van der Waals surface area contributed by atoms with Gasteiger partial charge in [-0.3, -0.25) is 4.79 Å². The predicted molar refractivity (Wildman–Crippen MR) is 83.8 cm³/mol. The number of phenolic OH excluding ortho intramolecular Hbond substituents is 2. The van der Waals surface area contributed by atoms with E-state index in [4.69, 9.17) is 0 Å². The first kappa shape index (κ1) is 15.4. The normalized spacial score (nSPS) is 13.6. The van der Waals surface area contributed by atoms with E-state index in [1.807, 2.05) is 31.4 Å². The van der Waals surface area contributed by atoms with Crippen molar-refractivity contribution in [3.05, 3.63) is 46.2 Å². The van der Waals surface area contributed by atoms with Crippen LogP contribution in [0.4, 0.5) is 0 Å². The van der Waals surface area contributed by atoms with Crippen LogP contribution < -0.4 is 5.32 Å². The lowest BCUT2D eigenvalue weighted by Crippen LogP contribution is -2.36. The van der Waals surface area contributed by atoms with E-state index in [9.17, 15) is 15.0 Å². The van der Waals surface area contributed by atoms with Gasteiger partial charge in [0, 0.05) is 10.9 Å². The Morgan fingerprint density at radius 2 is 2.00 bits per heavy atom. The van der Waals surface area contributed by atoms with Gasteiger partial charge in [0.25, 0.3) is 0 Å². The summed E-state index contributed by atoms with van der Waals surface area (Å²) < 4.78 is 0. The molecule has 0 aliphatic rings. The molecule has 1 aromatic carbocycles. The second-order valence-corrected chi connectivity index (χ2v) is 6.15. The Bertz CT molecular complexity index is 610. The number of phenols is 2. The zero-order valence-corrected chi connectivity index (χ0v) is 12.9. The van der Waals surface area contributed by atoms with Gasteiger partial charge in [0.1, 0.15) is 0 Å². The molecule has 0 unspecified atom stereocenters. The molecule has 1 aromatic heterocycles. The summed E-state index contributed by atoms with van der Waals surface area (Å²) in [6, 6.07) is 8.54. The van der Waals surface area contributed by atoms with E-state index in [0.29, 0.717) is 6.42 Å². The van der Waals surface area contributed by atoms with E-state index in [0.717, 1.165) is 10.4 Å². The lowest BCUT2D eigenvalue weighted by atomic mass is 10.0. The minimum Gasteiger partial charge on any atom is -0.504 e. The molecule has 5 heteroatoms. The molecule has 2 atom stereocenters. The largest absolute Gasteiger partial charge is 0.504 e. The quantitative estimate of drug-likeness (QED) is 0.744. The third-order valence-corrected chi connectivity index (χ3v) is 4.39. The Morgan fingerprint density at radius 1 is 1.24 bits per heavy atom. The number of hydrogen-bond donors (Lipinski definition) is 3. The molecule has 0 saturated carbocycles. The van der Waals surface area contributed by atoms with Crippen molar-refractivity contribution in [3.63, 3.8) is 0 Å². The van der Waals surface area contributed by atoms with Crippen LogP contribution in [0.15, 0.2) is 35.7 Å². The van der Waals surface area contributed by atoms with Crippen LogP contribution in [0.3, 0.4) is 0 Å². The summed E-state index contributed by atoms with van der Waals surface area (Å²) >= 11 is 1.57. The number of amides is 1. The molecule has 0 aliphatic heterocycles. The van der Waals surface area contributed by atoms with Crippen LogP contribution in [0, 0.1) is 0 Å². The monoisotopic (exact) mass is 305 g/mol.